The molecule has 0 aliphatic rings. The molecule has 0 unspecified atom stereocenters. The third kappa shape index (κ3) is 5.79. The van der Waals surface area contributed by atoms with Crippen LogP contribution in [0.4, 0.5) is 5.69 Å². The minimum atomic E-state index is -1.81. The molecule has 9 nitrogen and oxygen atoms in total. The third-order valence-electron chi connectivity index (χ3n) is 4.88. The number of carbonyl (C=O) groups is 2. The lowest BCUT2D eigenvalue weighted by Crippen LogP contribution is -2.33. The number of benzene rings is 2. The number of rotatable bonds is 8. The average Bonchev–Trinajstić information content (AvgIpc) is 2.80. The monoisotopic (exact) mass is 451 g/mol. The number of hydrogen-bond acceptors (Lipinski definition) is 7. The van der Waals surface area contributed by atoms with E-state index >= 15 is 0 Å². The maximum absolute atomic E-state index is 13.0. The number of hydrogen-bond donors (Lipinski definition) is 4. The van der Waals surface area contributed by atoms with Gasteiger partial charge < -0.3 is 30.2 Å². The van der Waals surface area contributed by atoms with Gasteiger partial charge in [0.1, 0.15) is 17.2 Å². The standard InChI is InChI=1S/C23H26BN3O6/c1-13(2)12-25-22(28)14-7-15(24(30)31)9-16(8-14)26-23(29)20-11-21(33-4)18-6-5-17(32-3)10-19(18)27-20/h5-11,13,30-31H,12H2,1-4H3,(H,25,28)(H,26,29). The highest BCUT2D eigenvalue weighted by Crippen LogP contribution is 2.28. The van der Waals surface area contributed by atoms with Crippen molar-refractivity contribution < 1.29 is 29.1 Å². The van der Waals surface area contributed by atoms with Gasteiger partial charge in [0.15, 0.2) is 0 Å². The lowest BCUT2D eigenvalue weighted by Gasteiger charge is -2.13. The first-order valence-electron chi connectivity index (χ1n) is 10.3. The molecule has 33 heavy (non-hydrogen) atoms. The molecule has 2 aromatic carbocycles. The number of anilines is 1. The molecule has 0 bridgehead atoms. The van der Waals surface area contributed by atoms with Gasteiger partial charge in [-0.05, 0) is 41.7 Å². The molecule has 4 N–H and O–H groups in total. The van der Waals surface area contributed by atoms with E-state index < -0.39 is 13.0 Å². The highest BCUT2D eigenvalue weighted by Gasteiger charge is 2.19. The van der Waals surface area contributed by atoms with Gasteiger partial charge in [0.05, 0.1) is 19.7 Å². The lowest BCUT2D eigenvalue weighted by atomic mass is 9.79. The van der Waals surface area contributed by atoms with Gasteiger partial charge in [0, 0.05) is 35.3 Å². The second kappa shape index (κ2) is 10.3. The summed E-state index contributed by atoms with van der Waals surface area (Å²) in [6, 6.07) is 10.9. The van der Waals surface area contributed by atoms with Gasteiger partial charge in [-0.25, -0.2) is 4.98 Å². The fourth-order valence-electron chi connectivity index (χ4n) is 3.19. The highest BCUT2D eigenvalue weighted by atomic mass is 16.5. The number of aromatic nitrogens is 1. The van der Waals surface area contributed by atoms with Gasteiger partial charge in [-0.1, -0.05) is 13.8 Å². The van der Waals surface area contributed by atoms with Gasteiger partial charge in [0.2, 0.25) is 0 Å². The predicted octanol–water partition coefficient (Wildman–Crippen LogP) is 1.57. The second-order valence-electron chi connectivity index (χ2n) is 7.87. The fraction of sp³-hybridized carbons (Fsp3) is 0.261. The topological polar surface area (TPSA) is 130 Å². The van der Waals surface area contributed by atoms with Crippen LogP contribution in [-0.4, -0.2) is 54.7 Å². The van der Waals surface area contributed by atoms with E-state index in [0.29, 0.717) is 28.9 Å². The summed E-state index contributed by atoms with van der Waals surface area (Å²) in [5, 5.41) is 25.4. The van der Waals surface area contributed by atoms with Crippen molar-refractivity contribution in [3.63, 3.8) is 0 Å². The molecule has 0 saturated heterocycles. The smallest absolute Gasteiger partial charge is 0.488 e. The predicted molar refractivity (Wildman–Crippen MR) is 126 cm³/mol. The Morgan fingerprint density at radius 2 is 1.79 bits per heavy atom. The largest absolute Gasteiger partial charge is 0.497 e. The summed E-state index contributed by atoms with van der Waals surface area (Å²) in [5.41, 5.74) is 1.05. The quantitative estimate of drug-likeness (QED) is 0.383. The molecule has 0 atom stereocenters. The van der Waals surface area contributed by atoms with Crippen LogP contribution in [-0.2, 0) is 0 Å². The first-order valence-corrected chi connectivity index (χ1v) is 10.3. The number of pyridine rings is 1. The number of carbonyl (C=O) groups excluding carboxylic acids is 2. The van der Waals surface area contributed by atoms with Crippen LogP contribution in [0.1, 0.15) is 34.7 Å². The van der Waals surface area contributed by atoms with Crippen LogP contribution < -0.4 is 25.6 Å². The number of ether oxygens (including phenoxy) is 2. The van der Waals surface area contributed by atoms with Gasteiger partial charge in [-0.15, -0.1) is 0 Å². The number of methoxy groups -OCH3 is 2. The van der Waals surface area contributed by atoms with Crippen LogP contribution in [0.2, 0.25) is 0 Å². The molecular formula is C23H26BN3O6. The Balaban J connectivity index is 1.94. The summed E-state index contributed by atoms with van der Waals surface area (Å²) in [5.74, 6) is 0.333. The molecule has 172 valence electrons. The van der Waals surface area contributed by atoms with Gasteiger partial charge >= 0.3 is 7.12 Å². The van der Waals surface area contributed by atoms with E-state index in [1.165, 1.54) is 38.5 Å². The normalized spacial score (nSPS) is 10.8. The van der Waals surface area contributed by atoms with Gasteiger partial charge in [-0.2, -0.15) is 0 Å². The Morgan fingerprint density at radius 1 is 1.03 bits per heavy atom. The SMILES string of the molecule is COc1ccc2c(OC)cc(C(=O)Nc3cc(B(O)O)cc(C(=O)NCC(C)C)c3)nc2c1. The summed E-state index contributed by atoms with van der Waals surface area (Å²) in [7, 11) is 1.21. The lowest BCUT2D eigenvalue weighted by molar-refractivity contribution is 0.0947. The van der Waals surface area contributed by atoms with E-state index in [9.17, 15) is 19.6 Å². The van der Waals surface area contributed by atoms with Crippen LogP contribution in [0.3, 0.4) is 0 Å². The molecule has 1 heterocycles. The summed E-state index contributed by atoms with van der Waals surface area (Å²) < 4.78 is 10.6. The average molecular weight is 451 g/mol. The first-order chi connectivity index (χ1) is 15.7. The van der Waals surface area contributed by atoms with Crippen molar-refractivity contribution in [2.75, 3.05) is 26.1 Å². The second-order valence-corrected chi connectivity index (χ2v) is 7.87. The van der Waals surface area contributed by atoms with Crippen LogP contribution in [0, 0.1) is 5.92 Å². The minimum Gasteiger partial charge on any atom is -0.497 e. The van der Waals surface area contributed by atoms with E-state index in [1.54, 1.807) is 18.2 Å². The van der Waals surface area contributed by atoms with E-state index in [4.69, 9.17) is 9.47 Å². The number of nitrogens with zero attached hydrogens (tertiary/aromatic N) is 1. The molecule has 2 amide bonds. The van der Waals surface area contributed by atoms with Crippen molar-refractivity contribution in [3.05, 3.63) is 53.7 Å². The molecule has 0 saturated carbocycles. The third-order valence-corrected chi connectivity index (χ3v) is 4.88. The Bertz CT molecular complexity index is 1180. The Kier molecular flexibility index (Phi) is 7.52. The molecule has 10 heteroatoms. The first kappa shape index (κ1) is 24.0. The van der Waals surface area contributed by atoms with E-state index in [2.05, 4.69) is 15.6 Å². The Hall–Kier alpha value is -3.63. The molecule has 3 aromatic rings. The van der Waals surface area contributed by atoms with Crippen molar-refractivity contribution in [1.29, 1.82) is 0 Å². The number of amides is 2. The van der Waals surface area contributed by atoms with Crippen LogP contribution >= 0.6 is 0 Å². The van der Waals surface area contributed by atoms with Crippen LogP contribution in [0.5, 0.6) is 11.5 Å². The van der Waals surface area contributed by atoms with Crippen molar-refractivity contribution >= 4 is 41.0 Å². The zero-order chi connectivity index (χ0) is 24.1. The molecule has 3 rings (SSSR count). The molecule has 0 fully saturated rings. The Morgan fingerprint density at radius 3 is 2.42 bits per heavy atom. The molecule has 0 aliphatic heterocycles. The maximum Gasteiger partial charge on any atom is 0.488 e. The van der Waals surface area contributed by atoms with E-state index in [-0.39, 0.29) is 34.2 Å². The molecule has 0 radical (unpaired) electrons. The van der Waals surface area contributed by atoms with Crippen LogP contribution in [0.15, 0.2) is 42.5 Å². The minimum absolute atomic E-state index is 0.0660. The summed E-state index contributed by atoms with van der Waals surface area (Å²) in [6.07, 6.45) is 0. The highest BCUT2D eigenvalue weighted by molar-refractivity contribution is 6.58. The summed E-state index contributed by atoms with van der Waals surface area (Å²) in [4.78, 5) is 29.9. The molecule has 0 aliphatic carbocycles. The fourth-order valence-corrected chi connectivity index (χ4v) is 3.19. The van der Waals surface area contributed by atoms with Crippen LogP contribution in [0.25, 0.3) is 10.9 Å². The van der Waals surface area contributed by atoms with Gasteiger partial charge in [0.25, 0.3) is 11.8 Å². The number of nitrogens with one attached hydrogen (secondary N) is 2. The molecule has 0 spiro atoms. The zero-order valence-electron chi connectivity index (χ0n) is 18.9. The number of fused-ring (bicyclic) bond motifs is 1. The van der Waals surface area contributed by atoms with Crippen molar-refractivity contribution in [2.24, 2.45) is 5.92 Å². The van der Waals surface area contributed by atoms with E-state index in [0.717, 1.165) is 0 Å². The maximum atomic E-state index is 13.0. The Labute approximate surface area is 191 Å². The van der Waals surface area contributed by atoms with E-state index in [1.807, 2.05) is 13.8 Å². The summed E-state index contributed by atoms with van der Waals surface area (Å²) in [6.45, 7) is 4.37. The molecular weight excluding hydrogens is 425 g/mol. The van der Waals surface area contributed by atoms with Gasteiger partial charge in [-0.3, -0.25) is 9.59 Å². The van der Waals surface area contributed by atoms with Crippen molar-refractivity contribution in [3.8, 4) is 11.5 Å². The van der Waals surface area contributed by atoms with Crippen molar-refractivity contribution in [2.45, 2.75) is 13.8 Å². The molecule has 1 aromatic heterocycles. The zero-order valence-corrected chi connectivity index (χ0v) is 18.9. The summed E-state index contributed by atoms with van der Waals surface area (Å²) >= 11 is 0. The van der Waals surface area contributed by atoms with Crippen molar-refractivity contribution in [1.82, 2.24) is 10.3 Å².